The van der Waals surface area contributed by atoms with Crippen molar-refractivity contribution in [1.82, 2.24) is 19.8 Å². The fraction of sp³-hybridized carbons (Fsp3) is 0.786. The summed E-state index contributed by atoms with van der Waals surface area (Å²) in [6, 6.07) is 0.458. The van der Waals surface area contributed by atoms with Gasteiger partial charge in [0.2, 0.25) is 10.0 Å². The van der Waals surface area contributed by atoms with Gasteiger partial charge in [-0.2, -0.15) is 5.10 Å². The number of aryl methyl sites for hydroxylation is 2. The van der Waals surface area contributed by atoms with Gasteiger partial charge in [0.15, 0.2) is 0 Å². The van der Waals surface area contributed by atoms with Crippen LogP contribution in [0.15, 0.2) is 4.90 Å². The van der Waals surface area contributed by atoms with E-state index < -0.39 is 10.0 Å². The van der Waals surface area contributed by atoms with Crippen LogP contribution in [0.4, 0.5) is 0 Å². The molecule has 6 nitrogen and oxygen atoms in total. The Kier molecular flexibility index (Phi) is 6.83. The molecule has 7 heteroatoms. The number of hydrogen-bond acceptors (Lipinski definition) is 4. The highest BCUT2D eigenvalue weighted by atomic mass is 32.2. The smallest absolute Gasteiger partial charge is 0.244 e. The van der Waals surface area contributed by atoms with Gasteiger partial charge in [-0.05, 0) is 33.2 Å². The van der Waals surface area contributed by atoms with Crippen molar-refractivity contribution in [3.05, 3.63) is 11.4 Å². The summed E-state index contributed by atoms with van der Waals surface area (Å²) in [4.78, 5) is 0.327. The monoisotopic (exact) mass is 316 g/mol. The summed E-state index contributed by atoms with van der Waals surface area (Å²) in [5, 5.41) is 7.71. The molecule has 0 aliphatic carbocycles. The Bertz CT molecular complexity index is 550. The van der Waals surface area contributed by atoms with Crippen molar-refractivity contribution in [1.29, 1.82) is 0 Å². The van der Waals surface area contributed by atoms with Crippen LogP contribution in [0.3, 0.4) is 0 Å². The van der Waals surface area contributed by atoms with E-state index in [1.54, 1.807) is 11.6 Å². The van der Waals surface area contributed by atoms with Crippen LogP contribution >= 0.6 is 0 Å². The van der Waals surface area contributed by atoms with E-state index in [2.05, 4.69) is 29.0 Å². The second kappa shape index (κ2) is 7.91. The molecule has 1 aromatic heterocycles. The Hall–Kier alpha value is -0.920. The van der Waals surface area contributed by atoms with Crippen molar-refractivity contribution in [3.63, 3.8) is 0 Å². The molecule has 0 aromatic carbocycles. The first kappa shape index (κ1) is 18.1. The molecule has 0 aliphatic rings. The summed E-state index contributed by atoms with van der Waals surface area (Å²) in [7, 11) is -3.46. The van der Waals surface area contributed by atoms with E-state index in [-0.39, 0.29) is 0 Å². The number of hydrogen-bond donors (Lipinski definition) is 2. The Balaban J connectivity index is 2.80. The average molecular weight is 316 g/mol. The molecule has 21 heavy (non-hydrogen) atoms. The maximum Gasteiger partial charge on any atom is 0.244 e. The van der Waals surface area contributed by atoms with Gasteiger partial charge in [-0.1, -0.05) is 20.8 Å². The van der Waals surface area contributed by atoms with E-state index in [4.69, 9.17) is 0 Å². The molecule has 0 atom stereocenters. The van der Waals surface area contributed by atoms with E-state index in [0.29, 0.717) is 28.9 Å². The number of nitrogens with one attached hydrogen (secondary N) is 2. The van der Waals surface area contributed by atoms with Crippen LogP contribution < -0.4 is 10.0 Å². The van der Waals surface area contributed by atoms with Gasteiger partial charge in [0, 0.05) is 19.1 Å². The summed E-state index contributed by atoms with van der Waals surface area (Å²) in [6.45, 7) is 11.8. The minimum Gasteiger partial charge on any atom is -0.314 e. The molecule has 0 saturated heterocycles. The van der Waals surface area contributed by atoms with Crippen LogP contribution in [0.5, 0.6) is 0 Å². The Morgan fingerprint density at radius 1 is 1.24 bits per heavy atom. The second-order valence-electron chi connectivity index (χ2n) is 5.58. The highest BCUT2D eigenvalue weighted by molar-refractivity contribution is 7.89. The van der Waals surface area contributed by atoms with Gasteiger partial charge >= 0.3 is 0 Å². The summed E-state index contributed by atoms with van der Waals surface area (Å²) in [5.41, 5.74) is 1.27. The molecule has 1 heterocycles. The van der Waals surface area contributed by atoms with E-state index >= 15 is 0 Å². The molecule has 0 spiro atoms. The molecule has 1 aromatic rings. The van der Waals surface area contributed by atoms with Gasteiger partial charge in [-0.25, -0.2) is 13.1 Å². The highest BCUT2D eigenvalue weighted by Gasteiger charge is 2.23. The van der Waals surface area contributed by atoms with E-state index in [1.807, 2.05) is 13.8 Å². The molecular formula is C14H28N4O2S. The minimum absolute atomic E-state index is 0.327. The van der Waals surface area contributed by atoms with E-state index in [1.165, 1.54) is 0 Å². The molecule has 122 valence electrons. The first-order valence-electron chi connectivity index (χ1n) is 7.56. The average Bonchev–Trinajstić information content (AvgIpc) is 2.67. The Morgan fingerprint density at radius 3 is 2.48 bits per heavy atom. The molecule has 0 bridgehead atoms. The normalized spacial score (nSPS) is 12.3. The zero-order valence-corrected chi connectivity index (χ0v) is 14.5. The van der Waals surface area contributed by atoms with Crippen molar-refractivity contribution < 1.29 is 8.42 Å². The third kappa shape index (κ3) is 5.09. The lowest BCUT2D eigenvalue weighted by atomic mass is 10.3. The molecule has 1 rings (SSSR count). The molecule has 0 aliphatic heterocycles. The largest absolute Gasteiger partial charge is 0.314 e. The standard InChI is InChI=1S/C14H28N4O2S/c1-6-8-16-21(19,20)14-12(4)17-18(13(14)5)10-7-9-15-11(2)3/h11,15-16H,6-10H2,1-5H3. The zero-order chi connectivity index (χ0) is 16.0. The third-order valence-electron chi connectivity index (χ3n) is 3.23. The van der Waals surface area contributed by atoms with Gasteiger partial charge < -0.3 is 5.32 Å². The minimum atomic E-state index is -3.46. The van der Waals surface area contributed by atoms with Crippen LogP contribution in [0.1, 0.15) is 45.0 Å². The summed E-state index contributed by atoms with van der Waals surface area (Å²) >= 11 is 0. The maximum absolute atomic E-state index is 12.3. The highest BCUT2D eigenvalue weighted by Crippen LogP contribution is 2.19. The van der Waals surface area contributed by atoms with Crippen LogP contribution in [0, 0.1) is 13.8 Å². The van der Waals surface area contributed by atoms with E-state index in [9.17, 15) is 8.42 Å². The van der Waals surface area contributed by atoms with Crippen molar-refractivity contribution >= 4 is 10.0 Å². The van der Waals surface area contributed by atoms with Crippen LogP contribution in [0.2, 0.25) is 0 Å². The fourth-order valence-electron chi connectivity index (χ4n) is 2.22. The molecule has 0 saturated carbocycles. The predicted molar refractivity (Wildman–Crippen MR) is 84.9 cm³/mol. The maximum atomic E-state index is 12.3. The lowest BCUT2D eigenvalue weighted by Gasteiger charge is -2.09. The van der Waals surface area contributed by atoms with Crippen LogP contribution in [-0.2, 0) is 16.6 Å². The zero-order valence-electron chi connectivity index (χ0n) is 13.7. The molecule has 0 radical (unpaired) electrons. The van der Waals surface area contributed by atoms with Crippen molar-refractivity contribution in [2.45, 2.75) is 64.9 Å². The number of rotatable bonds is 9. The lowest BCUT2D eigenvalue weighted by molar-refractivity contribution is 0.505. The summed E-state index contributed by atoms with van der Waals surface area (Å²) in [6.07, 6.45) is 1.69. The molecule has 0 amide bonds. The second-order valence-corrected chi connectivity index (χ2v) is 7.29. The topological polar surface area (TPSA) is 76.0 Å². The fourth-order valence-corrected chi connectivity index (χ4v) is 3.76. The van der Waals surface area contributed by atoms with Crippen molar-refractivity contribution in [3.8, 4) is 0 Å². The molecule has 2 N–H and O–H groups in total. The number of nitrogens with zero attached hydrogens (tertiary/aromatic N) is 2. The van der Waals surface area contributed by atoms with Crippen molar-refractivity contribution in [2.24, 2.45) is 0 Å². The summed E-state index contributed by atoms with van der Waals surface area (Å²) in [5.74, 6) is 0. The third-order valence-corrected chi connectivity index (χ3v) is 4.94. The number of aromatic nitrogens is 2. The lowest BCUT2D eigenvalue weighted by Crippen LogP contribution is -2.26. The van der Waals surface area contributed by atoms with Gasteiger partial charge in [0.25, 0.3) is 0 Å². The van der Waals surface area contributed by atoms with Crippen LogP contribution in [-0.4, -0.2) is 37.3 Å². The summed E-state index contributed by atoms with van der Waals surface area (Å²) < 4.78 is 29.0. The molecule has 0 fully saturated rings. The van der Waals surface area contributed by atoms with E-state index in [0.717, 1.165) is 25.9 Å². The molecule has 0 unspecified atom stereocenters. The van der Waals surface area contributed by atoms with Crippen LogP contribution in [0.25, 0.3) is 0 Å². The predicted octanol–water partition coefficient (Wildman–Crippen LogP) is 1.58. The quantitative estimate of drug-likeness (QED) is 0.678. The number of sulfonamides is 1. The van der Waals surface area contributed by atoms with Gasteiger partial charge in [0.1, 0.15) is 4.90 Å². The van der Waals surface area contributed by atoms with Gasteiger partial charge in [0.05, 0.1) is 11.4 Å². The molecular weight excluding hydrogens is 288 g/mol. The van der Waals surface area contributed by atoms with Gasteiger partial charge in [-0.3, -0.25) is 4.68 Å². The Labute approximate surface area is 128 Å². The first-order chi connectivity index (χ1) is 9.79. The van der Waals surface area contributed by atoms with Gasteiger partial charge in [-0.15, -0.1) is 0 Å². The van der Waals surface area contributed by atoms with Crippen molar-refractivity contribution in [2.75, 3.05) is 13.1 Å². The SMILES string of the molecule is CCCNS(=O)(=O)c1c(C)nn(CCCNC(C)C)c1C. The Morgan fingerprint density at radius 2 is 1.90 bits per heavy atom. The first-order valence-corrected chi connectivity index (χ1v) is 9.05.